The second kappa shape index (κ2) is 11.5. The standard InChI is InChI=1S/C22H29N3O3/c1-5-13-28-20-10-8-7-9-17(20)15-24-22(23-6-2)25-16-18-11-12-19(26-3)14-21(18)27-4/h5,7-12,14H,1,6,13,15-16H2,2-4H3,(H2,23,24,25). The minimum Gasteiger partial charge on any atom is -0.497 e. The van der Waals surface area contributed by atoms with Gasteiger partial charge in [-0.1, -0.05) is 30.9 Å². The van der Waals surface area contributed by atoms with E-state index in [1.165, 1.54) is 0 Å². The van der Waals surface area contributed by atoms with Crippen molar-refractivity contribution in [1.82, 2.24) is 10.6 Å². The van der Waals surface area contributed by atoms with Gasteiger partial charge >= 0.3 is 0 Å². The van der Waals surface area contributed by atoms with Crippen LogP contribution >= 0.6 is 0 Å². The summed E-state index contributed by atoms with van der Waals surface area (Å²) in [5.74, 6) is 3.07. The predicted octanol–water partition coefficient (Wildman–Crippen LogP) is 3.52. The number of aliphatic imine (C=N–C) groups is 1. The highest BCUT2D eigenvalue weighted by Gasteiger charge is 2.07. The lowest BCUT2D eigenvalue weighted by atomic mass is 10.2. The van der Waals surface area contributed by atoms with Crippen LogP contribution in [0.4, 0.5) is 0 Å². The molecule has 6 nitrogen and oxygen atoms in total. The summed E-state index contributed by atoms with van der Waals surface area (Å²) < 4.78 is 16.4. The van der Waals surface area contributed by atoms with Gasteiger partial charge in [0.15, 0.2) is 5.96 Å². The predicted molar refractivity (Wildman–Crippen MR) is 113 cm³/mol. The molecule has 28 heavy (non-hydrogen) atoms. The van der Waals surface area contributed by atoms with E-state index in [1.807, 2.05) is 49.4 Å². The fraction of sp³-hybridized carbons (Fsp3) is 0.318. The normalized spacial score (nSPS) is 10.9. The summed E-state index contributed by atoms with van der Waals surface area (Å²) in [4.78, 5) is 4.68. The largest absolute Gasteiger partial charge is 0.497 e. The Hall–Kier alpha value is -3.15. The first kappa shape index (κ1) is 21.2. The molecule has 0 saturated heterocycles. The molecule has 0 radical (unpaired) electrons. The number of methoxy groups -OCH3 is 2. The summed E-state index contributed by atoms with van der Waals surface area (Å²) in [6.45, 7) is 8.04. The second-order valence-corrected chi connectivity index (χ2v) is 5.93. The molecule has 6 heteroatoms. The molecule has 2 aromatic carbocycles. The Morgan fingerprint density at radius 1 is 1.04 bits per heavy atom. The van der Waals surface area contributed by atoms with E-state index in [0.29, 0.717) is 19.7 Å². The lowest BCUT2D eigenvalue weighted by Gasteiger charge is -2.15. The number of benzene rings is 2. The van der Waals surface area contributed by atoms with Crippen LogP contribution in [0.25, 0.3) is 0 Å². The second-order valence-electron chi connectivity index (χ2n) is 5.93. The smallest absolute Gasteiger partial charge is 0.191 e. The molecule has 150 valence electrons. The van der Waals surface area contributed by atoms with Crippen molar-refractivity contribution in [2.45, 2.75) is 20.0 Å². The molecule has 0 fully saturated rings. The SMILES string of the molecule is C=CCOc1ccccc1CN=C(NCC)NCc1ccc(OC)cc1OC. The van der Waals surface area contributed by atoms with Crippen LogP contribution in [0.15, 0.2) is 60.1 Å². The van der Waals surface area contributed by atoms with E-state index in [1.54, 1.807) is 20.3 Å². The van der Waals surface area contributed by atoms with Gasteiger partial charge in [-0.3, -0.25) is 0 Å². The summed E-state index contributed by atoms with van der Waals surface area (Å²) in [7, 11) is 3.29. The fourth-order valence-electron chi connectivity index (χ4n) is 2.61. The maximum absolute atomic E-state index is 5.70. The topological polar surface area (TPSA) is 64.1 Å². The summed E-state index contributed by atoms with van der Waals surface area (Å²) >= 11 is 0. The van der Waals surface area contributed by atoms with Gasteiger partial charge in [0.2, 0.25) is 0 Å². The van der Waals surface area contributed by atoms with Crippen molar-refractivity contribution in [1.29, 1.82) is 0 Å². The van der Waals surface area contributed by atoms with Crippen LogP contribution in [0.3, 0.4) is 0 Å². The van der Waals surface area contributed by atoms with Crippen molar-refractivity contribution in [3.8, 4) is 17.2 Å². The van der Waals surface area contributed by atoms with E-state index in [4.69, 9.17) is 14.2 Å². The average Bonchev–Trinajstić information content (AvgIpc) is 2.74. The fourth-order valence-corrected chi connectivity index (χ4v) is 2.61. The molecule has 0 saturated carbocycles. The maximum atomic E-state index is 5.70. The van der Waals surface area contributed by atoms with Gasteiger partial charge in [-0.25, -0.2) is 4.99 Å². The Morgan fingerprint density at radius 3 is 2.57 bits per heavy atom. The zero-order chi connectivity index (χ0) is 20.2. The number of hydrogen-bond donors (Lipinski definition) is 2. The molecule has 0 aromatic heterocycles. The molecule has 2 rings (SSSR count). The van der Waals surface area contributed by atoms with Gasteiger partial charge in [0.05, 0.1) is 20.8 Å². The molecule has 2 N–H and O–H groups in total. The number of para-hydroxylation sites is 1. The van der Waals surface area contributed by atoms with E-state index in [0.717, 1.165) is 40.9 Å². The van der Waals surface area contributed by atoms with E-state index >= 15 is 0 Å². The Kier molecular flexibility index (Phi) is 8.72. The molecule has 0 aliphatic carbocycles. The first-order valence-corrected chi connectivity index (χ1v) is 9.26. The molecule has 0 aliphatic heterocycles. The van der Waals surface area contributed by atoms with Crippen LogP contribution in [-0.4, -0.2) is 33.3 Å². The van der Waals surface area contributed by atoms with Crippen molar-refractivity contribution in [3.63, 3.8) is 0 Å². The van der Waals surface area contributed by atoms with Gasteiger partial charge < -0.3 is 24.8 Å². The average molecular weight is 383 g/mol. The monoisotopic (exact) mass is 383 g/mol. The molecular formula is C22H29N3O3. The first-order chi connectivity index (χ1) is 13.7. The molecule has 0 unspecified atom stereocenters. The van der Waals surface area contributed by atoms with Crippen LogP contribution in [0, 0.1) is 0 Å². The Morgan fingerprint density at radius 2 is 1.86 bits per heavy atom. The lowest BCUT2D eigenvalue weighted by molar-refractivity contribution is 0.359. The highest BCUT2D eigenvalue weighted by Crippen LogP contribution is 2.24. The van der Waals surface area contributed by atoms with E-state index in [9.17, 15) is 0 Å². The molecule has 2 aromatic rings. The molecule has 0 amide bonds. The molecule has 0 heterocycles. The van der Waals surface area contributed by atoms with E-state index < -0.39 is 0 Å². The molecule has 0 spiro atoms. The zero-order valence-electron chi connectivity index (χ0n) is 16.8. The summed E-state index contributed by atoms with van der Waals surface area (Å²) in [6, 6.07) is 13.6. The Balaban J connectivity index is 2.08. The van der Waals surface area contributed by atoms with Crippen molar-refractivity contribution in [2.75, 3.05) is 27.4 Å². The van der Waals surface area contributed by atoms with Gasteiger partial charge in [0, 0.05) is 30.3 Å². The van der Waals surface area contributed by atoms with Crippen LogP contribution < -0.4 is 24.8 Å². The van der Waals surface area contributed by atoms with Crippen LogP contribution in [0.5, 0.6) is 17.2 Å². The third-order valence-corrected chi connectivity index (χ3v) is 4.02. The lowest BCUT2D eigenvalue weighted by Crippen LogP contribution is -2.36. The number of rotatable bonds is 10. The highest BCUT2D eigenvalue weighted by atomic mass is 16.5. The number of nitrogens with one attached hydrogen (secondary N) is 2. The highest BCUT2D eigenvalue weighted by molar-refractivity contribution is 5.79. The molecule has 0 aliphatic rings. The van der Waals surface area contributed by atoms with E-state index in [-0.39, 0.29) is 0 Å². The first-order valence-electron chi connectivity index (χ1n) is 9.26. The molecule has 0 atom stereocenters. The third-order valence-electron chi connectivity index (χ3n) is 4.02. The number of hydrogen-bond acceptors (Lipinski definition) is 4. The van der Waals surface area contributed by atoms with Crippen molar-refractivity contribution >= 4 is 5.96 Å². The maximum Gasteiger partial charge on any atom is 0.191 e. The van der Waals surface area contributed by atoms with Gasteiger partial charge in [-0.15, -0.1) is 0 Å². The third kappa shape index (κ3) is 6.23. The minimum absolute atomic E-state index is 0.469. The van der Waals surface area contributed by atoms with Crippen molar-refractivity contribution in [2.24, 2.45) is 4.99 Å². The Bertz CT molecular complexity index is 790. The van der Waals surface area contributed by atoms with Crippen molar-refractivity contribution < 1.29 is 14.2 Å². The summed E-state index contributed by atoms with van der Waals surface area (Å²) in [5, 5.41) is 6.61. The number of ether oxygens (including phenoxy) is 3. The van der Waals surface area contributed by atoms with Gasteiger partial charge in [0.25, 0.3) is 0 Å². The number of guanidine groups is 1. The van der Waals surface area contributed by atoms with Crippen LogP contribution in [0.2, 0.25) is 0 Å². The van der Waals surface area contributed by atoms with Gasteiger partial charge in [-0.05, 0) is 25.1 Å². The zero-order valence-corrected chi connectivity index (χ0v) is 16.8. The minimum atomic E-state index is 0.469. The van der Waals surface area contributed by atoms with E-state index in [2.05, 4.69) is 22.2 Å². The van der Waals surface area contributed by atoms with Crippen molar-refractivity contribution in [3.05, 3.63) is 66.2 Å². The quantitative estimate of drug-likeness (QED) is 0.373. The van der Waals surface area contributed by atoms with Crippen LogP contribution in [-0.2, 0) is 13.1 Å². The summed E-state index contributed by atoms with van der Waals surface area (Å²) in [5.41, 5.74) is 2.03. The number of nitrogens with zero attached hydrogens (tertiary/aromatic N) is 1. The van der Waals surface area contributed by atoms with Crippen LogP contribution in [0.1, 0.15) is 18.1 Å². The Labute approximate surface area is 167 Å². The molecular weight excluding hydrogens is 354 g/mol. The summed E-state index contributed by atoms with van der Waals surface area (Å²) in [6.07, 6.45) is 1.73. The van der Waals surface area contributed by atoms with Gasteiger partial charge in [0.1, 0.15) is 23.9 Å². The molecule has 0 bridgehead atoms. The van der Waals surface area contributed by atoms with Gasteiger partial charge in [-0.2, -0.15) is 0 Å².